The van der Waals surface area contributed by atoms with Crippen molar-refractivity contribution in [2.75, 3.05) is 0 Å². The van der Waals surface area contributed by atoms with E-state index < -0.39 is 0 Å². The highest BCUT2D eigenvalue weighted by Gasteiger charge is 2.15. The van der Waals surface area contributed by atoms with E-state index in [1.165, 1.54) is 21.9 Å². The third-order valence-corrected chi connectivity index (χ3v) is 3.95. The molecule has 0 unspecified atom stereocenters. The fourth-order valence-electron chi connectivity index (χ4n) is 3.09. The predicted octanol–water partition coefficient (Wildman–Crippen LogP) is 4.99. The van der Waals surface area contributed by atoms with E-state index >= 15 is 0 Å². The van der Waals surface area contributed by atoms with Gasteiger partial charge < -0.3 is 4.98 Å². The monoisotopic (exact) mass is 260 g/mol. The molecule has 0 spiro atoms. The SMILES string of the molecule is CC(C)c1c2ccccc2nc2c1[nH]c1ccccc12. The zero-order valence-electron chi connectivity index (χ0n) is 11.6. The molecule has 4 aromatic rings. The maximum atomic E-state index is 4.88. The number of aromatic nitrogens is 2. The minimum atomic E-state index is 0.457. The number of H-pyrrole nitrogens is 1. The number of hydrogen-bond acceptors (Lipinski definition) is 1. The van der Waals surface area contributed by atoms with Crippen LogP contribution in [0.3, 0.4) is 0 Å². The Labute approximate surface area is 117 Å². The second-order valence-electron chi connectivity index (χ2n) is 5.59. The van der Waals surface area contributed by atoms with Crippen LogP contribution in [0.15, 0.2) is 48.5 Å². The fraction of sp³-hybridized carbons (Fsp3) is 0.167. The lowest BCUT2D eigenvalue weighted by Crippen LogP contribution is -1.94. The number of benzene rings is 2. The number of para-hydroxylation sites is 2. The molecule has 0 radical (unpaired) electrons. The van der Waals surface area contributed by atoms with E-state index in [1.807, 2.05) is 0 Å². The van der Waals surface area contributed by atoms with Gasteiger partial charge in [-0.25, -0.2) is 4.98 Å². The maximum absolute atomic E-state index is 4.88. The second-order valence-corrected chi connectivity index (χ2v) is 5.59. The Balaban J connectivity index is 2.31. The summed E-state index contributed by atoms with van der Waals surface area (Å²) < 4.78 is 0. The lowest BCUT2D eigenvalue weighted by Gasteiger charge is -2.11. The van der Waals surface area contributed by atoms with E-state index in [4.69, 9.17) is 4.98 Å². The number of aromatic amines is 1. The van der Waals surface area contributed by atoms with Crippen LogP contribution in [0.25, 0.3) is 32.8 Å². The highest BCUT2D eigenvalue weighted by Crippen LogP contribution is 2.34. The molecule has 2 aromatic carbocycles. The first-order valence-electron chi connectivity index (χ1n) is 7.05. The summed E-state index contributed by atoms with van der Waals surface area (Å²) in [6.45, 7) is 4.49. The minimum Gasteiger partial charge on any atom is -0.353 e. The Morgan fingerprint density at radius 3 is 2.40 bits per heavy atom. The molecule has 0 aliphatic heterocycles. The molecule has 98 valence electrons. The molecule has 1 N–H and O–H groups in total. The Hall–Kier alpha value is -2.35. The zero-order chi connectivity index (χ0) is 13.7. The summed E-state index contributed by atoms with van der Waals surface area (Å²) >= 11 is 0. The average molecular weight is 260 g/mol. The van der Waals surface area contributed by atoms with Gasteiger partial charge >= 0.3 is 0 Å². The van der Waals surface area contributed by atoms with Crippen molar-refractivity contribution in [3.05, 3.63) is 54.1 Å². The highest BCUT2D eigenvalue weighted by atomic mass is 14.8. The summed E-state index contributed by atoms with van der Waals surface area (Å²) in [6.07, 6.45) is 0. The minimum absolute atomic E-state index is 0.457. The van der Waals surface area contributed by atoms with Gasteiger partial charge in [0, 0.05) is 16.3 Å². The van der Waals surface area contributed by atoms with Crippen molar-refractivity contribution in [1.29, 1.82) is 0 Å². The molecule has 2 nitrogen and oxygen atoms in total. The van der Waals surface area contributed by atoms with E-state index in [0.717, 1.165) is 16.6 Å². The number of nitrogens with zero attached hydrogens (tertiary/aromatic N) is 1. The first-order chi connectivity index (χ1) is 9.75. The third kappa shape index (κ3) is 1.48. The van der Waals surface area contributed by atoms with Gasteiger partial charge in [-0.15, -0.1) is 0 Å². The zero-order valence-corrected chi connectivity index (χ0v) is 11.6. The van der Waals surface area contributed by atoms with Crippen molar-refractivity contribution in [2.24, 2.45) is 0 Å². The molecule has 0 atom stereocenters. The van der Waals surface area contributed by atoms with Gasteiger partial charge in [-0.2, -0.15) is 0 Å². The summed E-state index contributed by atoms with van der Waals surface area (Å²) in [5.41, 5.74) is 5.87. The van der Waals surface area contributed by atoms with E-state index in [0.29, 0.717) is 5.92 Å². The second kappa shape index (κ2) is 4.07. The number of hydrogen-bond donors (Lipinski definition) is 1. The predicted molar refractivity (Wildman–Crippen MR) is 85.2 cm³/mol. The molecule has 0 aliphatic carbocycles. The molecular weight excluding hydrogens is 244 g/mol. The molecule has 0 amide bonds. The molecule has 0 bridgehead atoms. The number of fused-ring (bicyclic) bond motifs is 4. The van der Waals surface area contributed by atoms with Crippen molar-refractivity contribution in [1.82, 2.24) is 9.97 Å². The van der Waals surface area contributed by atoms with E-state index in [-0.39, 0.29) is 0 Å². The van der Waals surface area contributed by atoms with E-state index in [1.54, 1.807) is 0 Å². The molecular formula is C18H16N2. The molecule has 0 saturated heterocycles. The Morgan fingerprint density at radius 2 is 1.60 bits per heavy atom. The summed E-state index contributed by atoms with van der Waals surface area (Å²) in [5.74, 6) is 0.457. The molecule has 2 heterocycles. The molecule has 0 saturated carbocycles. The van der Waals surface area contributed by atoms with E-state index in [9.17, 15) is 0 Å². The summed E-state index contributed by atoms with van der Waals surface area (Å²) in [6, 6.07) is 16.8. The van der Waals surface area contributed by atoms with Crippen LogP contribution >= 0.6 is 0 Å². The number of rotatable bonds is 1. The van der Waals surface area contributed by atoms with Crippen LogP contribution in [-0.4, -0.2) is 9.97 Å². The van der Waals surface area contributed by atoms with Crippen LogP contribution in [0.4, 0.5) is 0 Å². The summed E-state index contributed by atoms with van der Waals surface area (Å²) in [5, 5.41) is 2.46. The van der Waals surface area contributed by atoms with Crippen LogP contribution < -0.4 is 0 Å². The van der Waals surface area contributed by atoms with Crippen molar-refractivity contribution in [3.8, 4) is 0 Å². The van der Waals surface area contributed by atoms with Crippen LogP contribution in [0.1, 0.15) is 25.3 Å². The largest absolute Gasteiger partial charge is 0.353 e. The van der Waals surface area contributed by atoms with Gasteiger partial charge in [-0.05, 0) is 23.6 Å². The average Bonchev–Trinajstić information content (AvgIpc) is 2.82. The van der Waals surface area contributed by atoms with Gasteiger partial charge in [0.1, 0.15) is 0 Å². The molecule has 4 rings (SSSR count). The van der Waals surface area contributed by atoms with Crippen LogP contribution in [-0.2, 0) is 0 Å². The van der Waals surface area contributed by atoms with Crippen LogP contribution in [0.2, 0.25) is 0 Å². The third-order valence-electron chi connectivity index (χ3n) is 3.95. The summed E-state index contributed by atoms with van der Waals surface area (Å²) in [7, 11) is 0. The molecule has 0 aliphatic rings. The Bertz CT molecular complexity index is 932. The maximum Gasteiger partial charge on any atom is 0.0968 e. The van der Waals surface area contributed by atoms with Gasteiger partial charge in [-0.3, -0.25) is 0 Å². The standard InChI is InChI=1S/C18H16N2/c1-11(2)16-12-7-3-5-9-14(12)19-17-13-8-4-6-10-15(13)20-18(16)17/h3-11,20H,1-2H3. The molecule has 2 aromatic heterocycles. The smallest absolute Gasteiger partial charge is 0.0968 e. The quantitative estimate of drug-likeness (QED) is 0.513. The Kier molecular flexibility index (Phi) is 2.34. The number of nitrogens with one attached hydrogen (secondary N) is 1. The summed E-state index contributed by atoms with van der Waals surface area (Å²) in [4.78, 5) is 8.44. The molecule has 0 fully saturated rings. The van der Waals surface area contributed by atoms with Gasteiger partial charge in [0.15, 0.2) is 0 Å². The van der Waals surface area contributed by atoms with Crippen molar-refractivity contribution < 1.29 is 0 Å². The fourth-order valence-corrected chi connectivity index (χ4v) is 3.09. The lowest BCUT2D eigenvalue weighted by molar-refractivity contribution is 0.882. The van der Waals surface area contributed by atoms with Gasteiger partial charge in [0.2, 0.25) is 0 Å². The lowest BCUT2D eigenvalue weighted by atomic mass is 9.97. The van der Waals surface area contributed by atoms with E-state index in [2.05, 4.69) is 67.4 Å². The number of pyridine rings is 1. The topological polar surface area (TPSA) is 28.7 Å². The Morgan fingerprint density at radius 1 is 0.900 bits per heavy atom. The highest BCUT2D eigenvalue weighted by molar-refractivity contribution is 6.10. The first kappa shape index (κ1) is 11.5. The van der Waals surface area contributed by atoms with Gasteiger partial charge in [0.25, 0.3) is 0 Å². The van der Waals surface area contributed by atoms with Crippen molar-refractivity contribution in [3.63, 3.8) is 0 Å². The van der Waals surface area contributed by atoms with Crippen molar-refractivity contribution >= 4 is 32.8 Å². The van der Waals surface area contributed by atoms with Crippen LogP contribution in [0.5, 0.6) is 0 Å². The molecule has 20 heavy (non-hydrogen) atoms. The normalized spacial score (nSPS) is 11.9. The van der Waals surface area contributed by atoms with Gasteiger partial charge in [-0.1, -0.05) is 50.2 Å². The van der Waals surface area contributed by atoms with Gasteiger partial charge in [0.05, 0.1) is 16.6 Å². The molecule has 2 heteroatoms. The van der Waals surface area contributed by atoms with Crippen LogP contribution in [0, 0.1) is 0 Å². The van der Waals surface area contributed by atoms with Crippen molar-refractivity contribution in [2.45, 2.75) is 19.8 Å². The first-order valence-corrected chi connectivity index (χ1v) is 7.05.